The van der Waals surface area contributed by atoms with Gasteiger partial charge in [0, 0.05) is 11.0 Å². The van der Waals surface area contributed by atoms with Gasteiger partial charge in [0.15, 0.2) is 5.82 Å². The van der Waals surface area contributed by atoms with E-state index >= 15 is 0 Å². The van der Waals surface area contributed by atoms with E-state index < -0.39 is 0 Å². The highest BCUT2D eigenvalue weighted by Gasteiger charge is 2.05. The molecule has 2 aromatic rings. The van der Waals surface area contributed by atoms with Crippen molar-refractivity contribution in [3.8, 4) is 6.07 Å². The highest BCUT2D eigenvalue weighted by molar-refractivity contribution is 9.10. The highest BCUT2D eigenvalue weighted by atomic mass is 79.9. The summed E-state index contributed by atoms with van der Waals surface area (Å²) in [6.07, 6.45) is 3.27. The van der Waals surface area contributed by atoms with E-state index in [1.165, 1.54) is 0 Å². The number of aromatic nitrogens is 2. The third-order valence-electron chi connectivity index (χ3n) is 2.36. The number of nitrogens with one attached hydrogen (secondary N) is 2. The molecule has 0 fully saturated rings. The third-order valence-corrected chi connectivity index (χ3v) is 2.85. The Bertz CT molecular complexity index is 621. The van der Waals surface area contributed by atoms with E-state index in [1.807, 2.05) is 19.1 Å². The quantitative estimate of drug-likeness (QED) is 0.905. The number of rotatable bonds is 4. The molecule has 0 saturated carbocycles. The minimum atomic E-state index is 0.554. The van der Waals surface area contributed by atoms with Crippen LogP contribution in [0.1, 0.15) is 12.5 Å². The SMILES string of the molecule is CCNc1cncc(Nc2cc(Br)ccc2C#N)n1. The standard InChI is InChI=1S/C13H12BrN5/c1-2-17-12-7-16-8-13(19-12)18-11-5-10(14)4-3-9(11)6-15/h3-5,7-8H,2H2,1H3,(H2,17,18,19). The van der Waals surface area contributed by atoms with Crippen molar-refractivity contribution in [1.29, 1.82) is 5.26 Å². The number of halogens is 1. The van der Waals surface area contributed by atoms with Gasteiger partial charge in [0.1, 0.15) is 11.9 Å². The van der Waals surface area contributed by atoms with Crippen LogP contribution in [0, 0.1) is 11.3 Å². The maximum atomic E-state index is 9.07. The average molecular weight is 318 g/mol. The van der Waals surface area contributed by atoms with Gasteiger partial charge in [0.05, 0.1) is 23.6 Å². The number of benzene rings is 1. The highest BCUT2D eigenvalue weighted by Crippen LogP contribution is 2.23. The van der Waals surface area contributed by atoms with Crippen LogP contribution in [0.3, 0.4) is 0 Å². The molecule has 0 aliphatic carbocycles. The number of anilines is 3. The molecule has 0 saturated heterocycles. The molecule has 2 rings (SSSR count). The van der Waals surface area contributed by atoms with E-state index in [2.05, 4.69) is 42.6 Å². The number of nitriles is 1. The lowest BCUT2D eigenvalue weighted by Gasteiger charge is -2.09. The predicted octanol–water partition coefficient (Wildman–Crippen LogP) is 3.29. The molecule has 0 aliphatic rings. The van der Waals surface area contributed by atoms with Crippen LogP contribution < -0.4 is 10.6 Å². The van der Waals surface area contributed by atoms with Gasteiger partial charge in [0.2, 0.25) is 0 Å². The van der Waals surface area contributed by atoms with Crippen LogP contribution in [-0.4, -0.2) is 16.5 Å². The Kier molecular flexibility index (Phi) is 4.31. The number of hydrogen-bond donors (Lipinski definition) is 2. The van der Waals surface area contributed by atoms with Crippen molar-refractivity contribution in [2.45, 2.75) is 6.92 Å². The van der Waals surface area contributed by atoms with Gasteiger partial charge >= 0.3 is 0 Å². The molecule has 0 aliphatic heterocycles. The lowest BCUT2D eigenvalue weighted by molar-refractivity contribution is 1.12. The minimum Gasteiger partial charge on any atom is -0.369 e. The molecule has 19 heavy (non-hydrogen) atoms. The van der Waals surface area contributed by atoms with Crippen molar-refractivity contribution in [2.24, 2.45) is 0 Å². The molecule has 0 spiro atoms. The van der Waals surface area contributed by atoms with Crippen molar-refractivity contribution >= 4 is 33.3 Å². The summed E-state index contributed by atoms with van der Waals surface area (Å²) < 4.78 is 0.893. The Morgan fingerprint density at radius 3 is 2.84 bits per heavy atom. The Morgan fingerprint density at radius 1 is 1.32 bits per heavy atom. The Balaban J connectivity index is 2.28. The Labute approximate surface area is 119 Å². The van der Waals surface area contributed by atoms with Crippen molar-refractivity contribution in [2.75, 3.05) is 17.2 Å². The summed E-state index contributed by atoms with van der Waals surface area (Å²) in [7, 11) is 0. The fourth-order valence-electron chi connectivity index (χ4n) is 1.55. The monoisotopic (exact) mass is 317 g/mol. The molecule has 5 nitrogen and oxygen atoms in total. The third kappa shape index (κ3) is 3.42. The molecule has 0 bridgehead atoms. The molecule has 0 radical (unpaired) electrons. The van der Waals surface area contributed by atoms with E-state index in [0.717, 1.165) is 11.0 Å². The fourth-order valence-corrected chi connectivity index (χ4v) is 1.91. The topological polar surface area (TPSA) is 73.6 Å². The van der Waals surface area contributed by atoms with Gasteiger partial charge in [-0.05, 0) is 25.1 Å². The first-order chi connectivity index (χ1) is 9.22. The van der Waals surface area contributed by atoms with Gasteiger partial charge in [-0.2, -0.15) is 5.26 Å². The maximum absolute atomic E-state index is 9.07. The molecule has 0 amide bonds. The van der Waals surface area contributed by atoms with Gasteiger partial charge in [0.25, 0.3) is 0 Å². The van der Waals surface area contributed by atoms with Crippen molar-refractivity contribution in [1.82, 2.24) is 9.97 Å². The van der Waals surface area contributed by atoms with Gasteiger partial charge in [-0.3, -0.25) is 4.98 Å². The second kappa shape index (κ2) is 6.16. The summed E-state index contributed by atoms with van der Waals surface area (Å²) in [5.74, 6) is 1.29. The van der Waals surface area contributed by atoms with Crippen LogP contribution in [0.2, 0.25) is 0 Å². The second-order valence-electron chi connectivity index (χ2n) is 3.75. The summed E-state index contributed by atoms with van der Waals surface area (Å²) in [4.78, 5) is 8.45. The summed E-state index contributed by atoms with van der Waals surface area (Å²) in [6.45, 7) is 2.77. The lowest BCUT2D eigenvalue weighted by Crippen LogP contribution is -2.03. The van der Waals surface area contributed by atoms with Crippen LogP contribution in [0.15, 0.2) is 35.1 Å². The number of hydrogen-bond acceptors (Lipinski definition) is 5. The molecule has 6 heteroatoms. The fraction of sp³-hybridized carbons (Fsp3) is 0.154. The zero-order valence-corrected chi connectivity index (χ0v) is 11.9. The van der Waals surface area contributed by atoms with Gasteiger partial charge in [-0.25, -0.2) is 4.98 Å². The van der Waals surface area contributed by atoms with E-state index in [4.69, 9.17) is 5.26 Å². The lowest BCUT2D eigenvalue weighted by atomic mass is 10.2. The molecule has 1 heterocycles. The minimum absolute atomic E-state index is 0.554. The van der Waals surface area contributed by atoms with Crippen molar-refractivity contribution in [3.63, 3.8) is 0 Å². The molecule has 2 N–H and O–H groups in total. The van der Waals surface area contributed by atoms with Crippen LogP contribution in [-0.2, 0) is 0 Å². The number of nitrogens with zero attached hydrogens (tertiary/aromatic N) is 3. The summed E-state index contributed by atoms with van der Waals surface area (Å²) >= 11 is 3.38. The Hall–Kier alpha value is -2.13. The van der Waals surface area contributed by atoms with Crippen LogP contribution >= 0.6 is 15.9 Å². The molecule has 0 atom stereocenters. The largest absolute Gasteiger partial charge is 0.369 e. The summed E-state index contributed by atoms with van der Waals surface area (Å²) in [5, 5.41) is 15.3. The summed E-state index contributed by atoms with van der Waals surface area (Å²) in [5.41, 5.74) is 1.25. The van der Waals surface area contributed by atoms with E-state index in [1.54, 1.807) is 18.5 Å². The first kappa shape index (κ1) is 13.3. The predicted molar refractivity (Wildman–Crippen MR) is 78.3 cm³/mol. The average Bonchev–Trinajstić information content (AvgIpc) is 2.40. The first-order valence-corrected chi connectivity index (χ1v) is 6.55. The molecule has 0 unspecified atom stereocenters. The van der Waals surface area contributed by atoms with Crippen LogP contribution in [0.25, 0.3) is 0 Å². The van der Waals surface area contributed by atoms with Crippen LogP contribution in [0.5, 0.6) is 0 Å². The van der Waals surface area contributed by atoms with Gasteiger partial charge in [-0.15, -0.1) is 0 Å². The van der Waals surface area contributed by atoms with Gasteiger partial charge < -0.3 is 10.6 Å². The zero-order valence-electron chi connectivity index (χ0n) is 10.3. The van der Waals surface area contributed by atoms with Crippen molar-refractivity contribution in [3.05, 3.63) is 40.6 Å². The zero-order chi connectivity index (χ0) is 13.7. The van der Waals surface area contributed by atoms with Gasteiger partial charge in [-0.1, -0.05) is 15.9 Å². The van der Waals surface area contributed by atoms with Crippen molar-refractivity contribution < 1.29 is 0 Å². The van der Waals surface area contributed by atoms with E-state index in [0.29, 0.717) is 22.9 Å². The van der Waals surface area contributed by atoms with E-state index in [-0.39, 0.29) is 0 Å². The Morgan fingerprint density at radius 2 is 2.11 bits per heavy atom. The first-order valence-electron chi connectivity index (χ1n) is 5.75. The second-order valence-corrected chi connectivity index (χ2v) is 4.66. The smallest absolute Gasteiger partial charge is 0.151 e. The molecular weight excluding hydrogens is 306 g/mol. The molecule has 1 aromatic carbocycles. The summed E-state index contributed by atoms with van der Waals surface area (Å²) in [6, 6.07) is 7.54. The molecule has 1 aromatic heterocycles. The normalized spacial score (nSPS) is 9.74. The molecule has 96 valence electrons. The van der Waals surface area contributed by atoms with Crippen LogP contribution in [0.4, 0.5) is 17.3 Å². The maximum Gasteiger partial charge on any atom is 0.151 e. The molecular formula is C13H12BrN5. The van der Waals surface area contributed by atoms with E-state index in [9.17, 15) is 0 Å².